The van der Waals surface area contributed by atoms with Gasteiger partial charge in [-0.1, -0.05) is 47.5 Å². The van der Waals surface area contributed by atoms with Gasteiger partial charge in [-0.2, -0.15) is 0 Å². The topological polar surface area (TPSA) is 12.0 Å². The molecule has 1 aliphatic carbocycles. The number of nitrogens with one attached hydrogen (secondary N) is 1. The van der Waals surface area contributed by atoms with Crippen molar-refractivity contribution in [3.63, 3.8) is 0 Å². The Morgan fingerprint density at radius 2 is 2.00 bits per heavy atom. The molecular weight excluding hydrogens is 308 g/mol. The van der Waals surface area contributed by atoms with Gasteiger partial charge < -0.3 is 5.32 Å². The minimum atomic E-state index is -0.432. The molecule has 0 fully saturated rings. The van der Waals surface area contributed by atoms with Gasteiger partial charge in [-0.05, 0) is 36.6 Å². The lowest BCUT2D eigenvalue weighted by Crippen LogP contribution is -2.31. The van der Waals surface area contributed by atoms with Crippen molar-refractivity contribution in [1.29, 1.82) is 0 Å². The van der Waals surface area contributed by atoms with Gasteiger partial charge in [0.25, 0.3) is 0 Å². The van der Waals surface area contributed by atoms with Crippen molar-refractivity contribution in [3.8, 4) is 0 Å². The molecule has 0 heterocycles. The molecule has 1 aliphatic rings. The van der Waals surface area contributed by atoms with Gasteiger partial charge in [0.1, 0.15) is 5.82 Å². The second kappa shape index (κ2) is 5.96. The summed E-state index contributed by atoms with van der Waals surface area (Å²) < 4.78 is 13.6. The molecule has 2 unspecified atom stereocenters. The van der Waals surface area contributed by atoms with E-state index in [1.807, 2.05) is 6.92 Å². The van der Waals surface area contributed by atoms with Crippen molar-refractivity contribution in [1.82, 2.24) is 5.32 Å². The van der Waals surface area contributed by atoms with E-state index >= 15 is 0 Å². The van der Waals surface area contributed by atoms with Gasteiger partial charge in [0.2, 0.25) is 0 Å². The monoisotopic (exact) mass is 323 g/mol. The summed E-state index contributed by atoms with van der Waals surface area (Å²) in [6.07, 6.45) is 1.08. The summed E-state index contributed by atoms with van der Waals surface area (Å²) in [7, 11) is 0. The Balaban J connectivity index is 1.69. The van der Waals surface area contributed by atoms with E-state index in [1.165, 1.54) is 17.2 Å². The number of hydrogen-bond acceptors (Lipinski definition) is 1. The van der Waals surface area contributed by atoms with Gasteiger partial charge in [0, 0.05) is 29.1 Å². The van der Waals surface area contributed by atoms with Gasteiger partial charge in [-0.15, -0.1) is 0 Å². The number of hydrogen-bond donors (Lipinski definition) is 1. The maximum absolute atomic E-state index is 13.6. The maximum atomic E-state index is 13.6. The van der Waals surface area contributed by atoms with Crippen LogP contribution >= 0.6 is 23.2 Å². The van der Waals surface area contributed by atoms with E-state index in [2.05, 4.69) is 29.6 Å². The van der Waals surface area contributed by atoms with E-state index in [4.69, 9.17) is 23.2 Å². The van der Waals surface area contributed by atoms with Crippen molar-refractivity contribution >= 4 is 23.2 Å². The Morgan fingerprint density at radius 3 is 2.76 bits per heavy atom. The number of fused-ring (bicyclic) bond motifs is 1. The first kappa shape index (κ1) is 14.8. The molecular formula is C17H16Cl2FN. The third-order valence-corrected chi connectivity index (χ3v) is 4.86. The SMILES string of the molecule is CC(NCC1Cc2ccccc21)c1c(Cl)ccc(F)c1Cl. The molecule has 1 nitrogen and oxygen atoms in total. The van der Waals surface area contributed by atoms with E-state index in [1.54, 1.807) is 6.07 Å². The van der Waals surface area contributed by atoms with Crippen molar-refractivity contribution in [2.24, 2.45) is 0 Å². The highest BCUT2D eigenvalue weighted by atomic mass is 35.5. The molecule has 0 amide bonds. The van der Waals surface area contributed by atoms with Crippen LogP contribution in [0.25, 0.3) is 0 Å². The maximum Gasteiger partial charge on any atom is 0.142 e. The fraction of sp³-hybridized carbons (Fsp3) is 0.294. The van der Waals surface area contributed by atoms with Crippen LogP contribution in [0.4, 0.5) is 4.39 Å². The minimum Gasteiger partial charge on any atom is -0.309 e. The van der Waals surface area contributed by atoms with Crippen molar-refractivity contribution in [2.75, 3.05) is 6.54 Å². The molecule has 2 aromatic rings. The van der Waals surface area contributed by atoms with Gasteiger partial charge in [0.15, 0.2) is 0 Å². The molecule has 0 saturated heterocycles. The predicted octanol–water partition coefficient (Wildman–Crippen LogP) is 5.12. The zero-order chi connectivity index (χ0) is 15.0. The molecule has 0 saturated carbocycles. The smallest absolute Gasteiger partial charge is 0.142 e. The molecule has 0 aliphatic heterocycles. The van der Waals surface area contributed by atoms with Gasteiger partial charge in [0.05, 0.1) is 5.02 Å². The van der Waals surface area contributed by atoms with Crippen LogP contribution in [0.1, 0.15) is 35.6 Å². The van der Waals surface area contributed by atoms with Crippen LogP contribution in [0.15, 0.2) is 36.4 Å². The predicted molar refractivity (Wildman–Crippen MR) is 85.7 cm³/mol. The fourth-order valence-electron chi connectivity index (χ4n) is 2.91. The van der Waals surface area contributed by atoms with Crippen LogP contribution in [-0.2, 0) is 6.42 Å². The summed E-state index contributed by atoms with van der Waals surface area (Å²) in [5.74, 6) is 0.0773. The standard InChI is InChI=1S/C17H16Cl2FN/c1-10(16-14(18)6-7-15(20)17(16)19)21-9-12-8-11-4-2-3-5-13(11)12/h2-7,10,12,21H,8-9H2,1H3. The summed E-state index contributed by atoms with van der Waals surface area (Å²) in [6, 6.07) is 11.2. The number of halogens is 3. The van der Waals surface area contributed by atoms with Crippen LogP contribution in [-0.4, -0.2) is 6.54 Å². The number of rotatable bonds is 4. The molecule has 0 bridgehead atoms. The second-order valence-electron chi connectivity index (χ2n) is 5.49. The Kier molecular flexibility index (Phi) is 4.21. The first-order chi connectivity index (χ1) is 10.1. The highest BCUT2D eigenvalue weighted by Crippen LogP contribution is 2.36. The van der Waals surface area contributed by atoms with Crippen LogP contribution < -0.4 is 5.32 Å². The average Bonchev–Trinajstić information content (AvgIpc) is 2.44. The second-order valence-corrected chi connectivity index (χ2v) is 6.27. The summed E-state index contributed by atoms with van der Waals surface area (Å²) in [5.41, 5.74) is 3.44. The molecule has 0 radical (unpaired) electrons. The highest BCUT2D eigenvalue weighted by Gasteiger charge is 2.26. The Morgan fingerprint density at radius 1 is 1.24 bits per heavy atom. The minimum absolute atomic E-state index is 0.0894. The molecule has 0 aromatic heterocycles. The van der Waals surface area contributed by atoms with Crippen molar-refractivity contribution < 1.29 is 4.39 Å². The van der Waals surface area contributed by atoms with Crippen LogP contribution in [0.5, 0.6) is 0 Å². The van der Waals surface area contributed by atoms with Crippen molar-refractivity contribution in [3.05, 3.63) is 69.0 Å². The lowest BCUT2D eigenvalue weighted by molar-refractivity contribution is 0.487. The Labute approximate surface area is 134 Å². The first-order valence-electron chi connectivity index (χ1n) is 7.02. The largest absolute Gasteiger partial charge is 0.309 e. The average molecular weight is 324 g/mol. The van der Waals surface area contributed by atoms with Crippen molar-refractivity contribution in [2.45, 2.75) is 25.3 Å². The molecule has 0 spiro atoms. The first-order valence-corrected chi connectivity index (χ1v) is 7.78. The van der Waals surface area contributed by atoms with E-state index in [9.17, 15) is 4.39 Å². The van der Waals surface area contributed by atoms with Crippen LogP contribution in [0.2, 0.25) is 10.0 Å². The van der Waals surface area contributed by atoms with Gasteiger partial charge >= 0.3 is 0 Å². The number of benzene rings is 2. The molecule has 1 N–H and O–H groups in total. The van der Waals surface area contributed by atoms with E-state index in [0.29, 0.717) is 16.5 Å². The summed E-state index contributed by atoms with van der Waals surface area (Å²) in [4.78, 5) is 0. The fourth-order valence-corrected chi connectivity index (χ4v) is 3.60. The van der Waals surface area contributed by atoms with Crippen LogP contribution in [0.3, 0.4) is 0 Å². The Bertz CT molecular complexity index is 672. The lowest BCUT2D eigenvalue weighted by Gasteiger charge is -2.31. The molecule has 4 heteroatoms. The normalized spacial score (nSPS) is 18.0. The van der Waals surface area contributed by atoms with Gasteiger partial charge in [-0.3, -0.25) is 0 Å². The van der Waals surface area contributed by atoms with E-state index in [-0.39, 0.29) is 11.1 Å². The van der Waals surface area contributed by atoms with E-state index in [0.717, 1.165) is 13.0 Å². The molecule has 2 aromatic carbocycles. The molecule has 2 atom stereocenters. The quantitative estimate of drug-likeness (QED) is 0.770. The summed E-state index contributed by atoms with van der Waals surface area (Å²) >= 11 is 12.2. The summed E-state index contributed by atoms with van der Waals surface area (Å²) in [6.45, 7) is 2.79. The third kappa shape index (κ3) is 2.80. The van der Waals surface area contributed by atoms with E-state index < -0.39 is 5.82 Å². The molecule has 3 rings (SSSR count). The highest BCUT2D eigenvalue weighted by molar-refractivity contribution is 6.36. The third-order valence-electron chi connectivity index (χ3n) is 4.14. The van der Waals surface area contributed by atoms with Crippen LogP contribution in [0, 0.1) is 5.82 Å². The molecule has 21 heavy (non-hydrogen) atoms. The zero-order valence-corrected chi connectivity index (χ0v) is 13.2. The Hall–Kier alpha value is -1.09. The summed E-state index contributed by atoms with van der Waals surface area (Å²) in [5, 5.41) is 4.02. The zero-order valence-electron chi connectivity index (χ0n) is 11.7. The van der Waals surface area contributed by atoms with Gasteiger partial charge in [-0.25, -0.2) is 4.39 Å². The molecule has 110 valence electrons. The lowest BCUT2D eigenvalue weighted by atomic mass is 9.77.